The second kappa shape index (κ2) is 35.1. The molecule has 0 aliphatic rings. The van der Waals surface area contributed by atoms with Crippen molar-refractivity contribution in [2.45, 2.75) is 161 Å². The molecule has 0 fully saturated rings. The number of carbonyl (C=O) groups excluding carboxylic acids is 2. The summed E-state index contributed by atoms with van der Waals surface area (Å²) in [5, 5.41) is 29.4. The van der Waals surface area contributed by atoms with Gasteiger partial charge >= 0.3 is 11.9 Å². The number of aliphatic hydroxyl groups excluding tert-OH is 3. The fourth-order valence-electron chi connectivity index (χ4n) is 4.95. The van der Waals surface area contributed by atoms with Crippen LogP contribution in [0.25, 0.3) is 0 Å². The molecule has 0 saturated heterocycles. The Hall–Kier alpha value is -2.74. The number of carbonyl (C=O) groups is 2. The van der Waals surface area contributed by atoms with Crippen molar-refractivity contribution in [2.75, 3.05) is 13.2 Å². The molecule has 0 aromatic carbocycles. The van der Waals surface area contributed by atoms with Crippen molar-refractivity contribution in [1.29, 1.82) is 0 Å². The smallest absolute Gasteiger partial charge is 0.306 e. The first kappa shape index (κ1) is 46.3. The largest absolute Gasteiger partial charge is 0.462 e. The molecule has 7 nitrogen and oxygen atoms in total. The minimum absolute atomic E-state index is 0.155. The SMILES string of the molecule is CC/C=C\C[C@@H](O)/C=C/C=C\C/C=C\C=C\[C@@H](O)/C=C\CCCC(=O)OC[C@H](CO)OC(=O)CCCCCCCCCCCCCC(C)C. The van der Waals surface area contributed by atoms with E-state index < -0.39 is 30.9 Å². The van der Waals surface area contributed by atoms with Gasteiger partial charge in [-0.2, -0.15) is 0 Å². The van der Waals surface area contributed by atoms with Crippen molar-refractivity contribution in [3.05, 3.63) is 72.9 Å². The van der Waals surface area contributed by atoms with Crippen molar-refractivity contribution in [3.63, 3.8) is 0 Å². The maximum absolute atomic E-state index is 12.1. The zero-order chi connectivity index (χ0) is 36.2. The Morgan fingerprint density at radius 2 is 1.24 bits per heavy atom. The molecule has 7 heteroatoms. The van der Waals surface area contributed by atoms with E-state index in [9.17, 15) is 24.9 Å². The molecule has 0 aliphatic heterocycles. The van der Waals surface area contributed by atoms with E-state index in [-0.39, 0.29) is 19.0 Å². The predicted molar refractivity (Wildman–Crippen MR) is 203 cm³/mol. The van der Waals surface area contributed by atoms with Crippen LogP contribution in [0.3, 0.4) is 0 Å². The van der Waals surface area contributed by atoms with E-state index in [4.69, 9.17) is 9.47 Å². The van der Waals surface area contributed by atoms with Crippen LogP contribution in [0.2, 0.25) is 0 Å². The number of unbranched alkanes of at least 4 members (excludes halogenated alkanes) is 11. The predicted octanol–water partition coefficient (Wildman–Crippen LogP) is 9.58. The van der Waals surface area contributed by atoms with Crippen LogP contribution in [-0.2, 0) is 19.1 Å². The molecule has 280 valence electrons. The van der Waals surface area contributed by atoms with E-state index in [1.54, 1.807) is 24.3 Å². The molecule has 3 N–H and O–H groups in total. The number of rotatable bonds is 32. The summed E-state index contributed by atoms with van der Waals surface area (Å²) in [4.78, 5) is 24.2. The van der Waals surface area contributed by atoms with Crippen LogP contribution in [-0.4, -0.2) is 58.8 Å². The lowest BCUT2D eigenvalue weighted by Crippen LogP contribution is -2.28. The van der Waals surface area contributed by atoms with Crippen LogP contribution in [0, 0.1) is 5.92 Å². The van der Waals surface area contributed by atoms with Gasteiger partial charge in [-0.25, -0.2) is 0 Å². The lowest BCUT2D eigenvalue weighted by molar-refractivity contribution is -0.161. The summed E-state index contributed by atoms with van der Waals surface area (Å²) >= 11 is 0. The lowest BCUT2D eigenvalue weighted by atomic mass is 10.0. The first-order valence-electron chi connectivity index (χ1n) is 19.1. The Morgan fingerprint density at radius 1 is 0.653 bits per heavy atom. The number of hydrogen-bond acceptors (Lipinski definition) is 7. The third-order valence-electron chi connectivity index (χ3n) is 7.87. The Bertz CT molecular complexity index is 960. The Labute approximate surface area is 298 Å². The first-order valence-corrected chi connectivity index (χ1v) is 19.1. The number of hydrogen-bond donors (Lipinski definition) is 3. The summed E-state index contributed by atoms with van der Waals surface area (Å²) in [5.74, 6) is 0.0382. The molecular formula is C42H70O7. The van der Waals surface area contributed by atoms with Gasteiger partial charge < -0.3 is 24.8 Å². The van der Waals surface area contributed by atoms with Crippen LogP contribution < -0.4 is 0 Å². The highest BCUT2D eigenvalue weighted by Crippen LogP contribution is 2.14. The maximum Gasteiger partial charge on any atom is 0.306 e. The standard InChI is InChI=1S/C42H70O7/c1-4-5-21-29-38(44)30-23-17-13-11-14-18-24-31-39(45)32-25-20-27-33-41(46)48-36-40(35-43)49-42(47)34-26-19-15-10-8-6-7-9-12-16-22-28-37(2)3/h5,13-14,17-18,21,23-25,30-32,37-40,43-45H,4,6-12,15-16,19-20,22,26-29,33-36H2,1-3H3/b17-13-,18-14-,21-5-,30-23+,31-24+,32-25-/t38-,39-,40+/m1/s1. The van der Waals surface area contributed by atoms with Gasteiger partial charge in [0.25, 0.3) is 0 Å². The van der Waals surface area contributed by atoms with Gasteiger partial charge in [-0.05, 0) is 44.4 Å². The summed E-state index contributed by atoms with van der Waals surface area (Å²) in [6, 6.07) is 0. The van der Waals surface area contributed by atoms with E-state index >= 15 is 0 Å². The Morgan fingerprint density at radius 3 is 1.86 bits per heavy atom. The summed E-state index contributed by atoms with van der Waals surface area (Å²) in [6.07, 6.45) is 39.0. The molecule has 0 bridgehead atoms. The second-order valence-corrected chi connectivity index (χ2v) is 13.2. The van der Waals surface area contributed by atoms with Crippen LogP contribution in [0.4, 0.5) is 0 Å². The lowest BCUT2D eigenvalue weighted by Gasteiger charge is -2.15. The van der Waals surface area contributed by atoms with E-state index in [0.717, 1.165) is 38.0 Å². The van der Waals surface area contributed by atoms with E-state index in [2.05, 4.69) is 20.8 Å². The number of ether oxygens (including phenoxy) is 2. The van der Waals surface area contributed by atoms with Gasteiger partial charge in [-0.3, -0.25) is 9.59 Å². The molecule has 0 aromatic rings. The van der Waals surface area contributed by atoms with Crippen LogP contribution in [0.1, 0.15) is 143 Å². The summed E-state index contributed by atoms with van der Waals surface area (Å²) < 4.78 is 10.5. The molecular weight excluding hydrogens is 616 g/mol. The Balaban J connectivity index is 3.87. The summed E-state index contributed by atoms with van der Waals surface area (Å²) in [5.41, 5.74) is 0. The third kappa shape index (κ3) is 34.9. The number of esters is 2. The minimum atomic E-state index is -0.845. The molecule has 0 aliphatic carbocycles. The molecule has 0 heterocycles. The van der Waals surface area contributed by atoms with Gasteiger partial charge in [0.05, 0.1) is 18.8 Å². The highest BCUT2D eigenvalue weighted by atomic mass is 16.6. The van der Waals surface area contributed by atoms with Gasteiger partial charge in [0.1, 0.15) is 6.61 Å². The molecule has 0 saturated carbocycles. The van der Waals surface area contributed by atoms with Crippen molar-refractivity contribution < 1.29 is 34.4 Å². The van der Waals surface area contributed by atoms with Crippen molar-refractivity contribution in [2.24, 2.45) is 5.92 Å². The molecule has 0 rings (SSSR count). The highest BCUT2D eigenvalue weighted by molar-refractivity contribution is 5.70. The summed E-state index contributed by atoms with van der Waals surface area (Å²) in [6.45, 7) is 6.09. The van der Waals surface area contributed by atoms with Crippen LogP contribution >= 0.6 is 0 Å². The monoisotopic (exact) mass is 687 g/mol. The molecule has 0 aromatic heterocycles. The minimum Gasteiger partial charge on any atom is -0.462 e. The van der Waals surface area contributed by atoms with Gasteiger partial charge in [-0.15, -0.1) is 0 Å². The topological polar surface area (TPSA) is 113 Å². The number of allylic oxidation sites excluding steroid dienone is 8. The molecule has 0 amide bonds. The summed E-state index contributed by atoms with van der Waals surface area (Å²) in [7, 11) is 0. The average Bonchev–Trinajstić information content (AvgIpc) is 3.07. The molecule has 3 atom stereocenters. The molecule has 49 heavy (non-hydrogen) atoms. The number of aliphatic hydroxyl groups is 3. The zero-order valence-electron chi connectivity index (χ0n) is 31.1. The van der Waals surface area contributed by atoms with Gasteiger partial charge in [-0.1, -0.05) is 164 Å². The van der Waals surface area contributed by atoms with Crippen molar-refractivity contribution in [1.82, 2.24) is 0 Å². The zero-order valence-corrected chi connectivity index (χ0v) is 31.1. The van der Waals surface area contributed by atoms with Gasteiger partial charge in [0.2, 0.25) is 0 Å². The van der Waals surface area contributed by atoms with Crippen molar-refractivity contribution >= 4 is 11.9 Å². The van der Waals surface area contributed by atoms with Gasteiger partial charge in [0, 0.05) is 12.8 Å². The average molecular weight is 687 g/mol. The van der Waals surface area contributed by atoms with Gasteiger partial charge in [0.15, 0.2) is 6.10 Å². The molecule has 0 spiro atoms. The normalized spacial score (nSPS) is 14.4. The van der Waals surface area contributed by atoms with Crippen LogP contribution in [0.15, 0.2) is 72.9 Å². The van der Waals surface area contributed by atoms with E-state index in [0.29, 0.717) is 25.7 Å². The highest BCUT2D eigenvalue weighted by Gasteiger charge is 2.16. The Kier molecular flexibility index (Phi) is 33.1. The van der Waals surface area contributed by atoms with Crippen molar-refractivity contribution in [3.8, 4) is 0 Å². The second-order valence-electron chi connectivity index (χ2n) is 13.2. The quantitative estimate of drug-likeness (QED) is 0.0280. The van der Waals surface area contributed by atoms with E-state index in [1.807, 2.05) is 48.6 Å². The fourth-order valence-corrected chi connectivity index (χ4v) is 4.95. The van der Waals surface area contributed by atoms with E-state index in [1.165, 1.54) is 57.8 Å². The third-order valence-corrected chi connectivity index (χ3v) is 7.87. The molecule has 0 radical (unpaired) electrons. The fraction of sp³-hybridized carbons (Fsp3) is 0.667. The first-order chi connectivity index (χ1) is 23.8. The molecule has 0 unspecified atom stereocenters. The maximum atomic E-state index is 12.1. The van der Waals surface area contributed by atoms with Crippen LogP contribution in [0.5, 0.6) is 0 Å².